The molecule has 3 heterocycles. The summed E-state index contributed by atoms with van der Waals surface area (Å²) in [5.74, 6) is 1.07. The van der Waals surface area contributed by atoms with E-state index < -0.39 is 0 Å². The van der Waals surface area contributed by atoms with Crippen molar-refractivity contribution in [3.63, 3.8) is 0 Å². The van der Waals surface area contributed by atoms with E-state index in [0.29, 0.717) is 21.4 Å². The van der Waals surface area contributed by atoms with Crippen molar-refractivity contribution in [1.29, 1.82) is 0 Å². The topological polar surface area (TPSA) is 69.7 Å². The quantitative estimate of drug-likeness (QED) is 0.738. The van der Waals surface area contributed by atoms with E-state index in [2.05, 4.69) is 10.3 Å². The molecule has 0 saturated carbocycles. The average molecular weight is 334 g/mol. The predicted molar refractivity (Wildman–Crippen MR) is 84.7 cm³/mol. The average Bonchev–Trinajstić information content (AvgIpc) is 3.22. The lowest BCUT2D eigenvalue weighted by molar-refractivity contribution is 0.0602. The molecule has 8 heteroatoms. The fourth-order valence-electron chi connectivity index (χ4n) is 2.15. The van der Waals surface area contributed by atoms with Crippen molar-refractivity contribution < 1.29 is 19.0 Å². The number of carbonyl (C=O) groups is 1. The van der Waals surface area contributed by atoms with Crippen LogP contribution in [-0.4, -0.2) is 24.9 Å². The van der Waals surface area contributed by atoms with E-state index in [0.717, 1.165) is 16.0 Å². The van der Waals surface area contributed by atoms with Crippen molar-refractivity contribution in [2.45, 2.75) is 0 Å². The normalized spacial score (nSPS) is 12.6. The van der Waals surface area contributed by atoms with Crippen LogP contribution in [0.4, 0.5) is 10.1 Å². The van der Waals surface area contributed by atoms with Crippen molar-refractivity contribution in [3.05, 3.63) is 29.1 Å². The molecule has 0 bridgehead atoms. The molecule has 0 amide bonds. The van der Waals surface area contributed by atoms with Crippen LogP contribution in [0, 0.1) is 0 Å². The molecule has 1 aliphatic heterocycles. The lowest BCUT2D eigenvalue weighted by Gasteiger charge is -2.02. The zero-order valence-corrected chi connectivity index (χ0v) is 13.0. The molecule has 0 spiro atoms. The Hall–Kier alpha value is -2.32. The Morgan fingerprint density at radius 3 is 3.00 bits per heavy atom. The Kier molecular flexibility index (Phi) is 3.12. The van der Waals surface area contributed by atoms with Gasteiger partial charge in [-0.2, -0.15) is 0 Å². The first-order chi connectivity index (χ1) is 10.7. The third-order valence-electron chi connectivity index (χ3n) is 3.17. The van der Waals surface area contributed by atoms with Crippen molar-refractivity contribution in [3.8, 4) is 11.5 Å². The van der Waals surface area contributed by atoms with Crippen molar-refractivity contribution in [2.24, 2.45) is 0 Å². The smallest absolute Gasteiger partial charge is 0.340 e. The number of nitrogens with one attached hydrogen (secondary N) is 1. The highest BCUT2D eigenvalue weighted by atomic mass is 32.1. The number of carbonyl (C=O) groups excluding carboxylic acids is 1. The maximum atomic E-state index is 11.7. The number of fused-ring (bicyclic) bond motifs is 2. The van der Waals surface area contributed by atoms with E-state index in [1.54, 1.807) is 6.07 Å². The fraction of sp³-hybridized carbons (Fsp3) is 0.143. The maximum Gasteiger partial charge on any atom is 0.340 e. The molecular weight excluding hydrogens is 324 g/mol. The monoisotopic (exact) mass is 334 g/mol. The van der Waals surface area contributed by atoms with Gasteiger partial charge in [-0.05, 0) is 11.4 Å². The van der Waals surface area contributed by atoms with Gasteiger partial charge in [0.2, 0.25) is 6.79 Å². The molecule has 0 saturated heterocycles. The number of nitrogens with zero attached hydrogens (tertiary/aromatic N) is 1. The van der Waals surface area contributed by atoms with Crippen LogP contribution in [0.1, 0.15) is 10.4 Å². The molecule has 1 aromatic carbocycles. The van der Waals surface area contributed by atoms with Gasteiger partial charge in [-0.15, -0.1) is 11.3 Å². The molecule has 3 aromatic rings. The maximum absolute atomic E-state index is 11.7. The second-order valence-corrected chi connectivity index (χ2v) is 6.42. The summed E-state index contributed by atoms with van der Waals surface area (Å²) < 4.78 is 16.5. The molecular formula is C14H10N2O4S2. The second-order valence-electron chi connectivity index (χ2n) is 4.47. The number of hydrogen-bond donors (Lipinski definition) is 1. The van der Waals surface area contributed by atoms with Gasteiger partial charge in [-0.25, -0.2) is 9.78 Å². The number of hydrogen-bond acceptors (Lipinski definition) is 8. The van der Waals surface area contributed by atoms with Gasteiger partial charge in [0.1, 0.15) is 5.00 Å². The number of methoxy groups -OCH3 is 1. The molecule has 1 N–H and O–H groups in total. The fourth-order valence-corrected chi connectivity index (χ4v) is 3.86. The number of benzene rings is 1. The number of thiazole rings is 1. The molecule has 4 rings (SSSR count). The number of ether oxygens (including phenoxy) is 3. The van der Waals surface area contributed by atoms with Crippen LogP contribution >= 0.6 is 22.7 Å². The first kappa shape index (κ1) is 13.4. The highest BCUT2D eigenvalue weighted by molar-refractivity contribution is 7.22. The van der Waals surface area contributed by atoms with E-state index in [1.807, 2.05) is 17.5 Å². The Labute approximate surface area is 133 Å². The zero-order chi connectivity index (χ0) is 15.1. The number of anilines is 2. The van der Waals surface area contributed by atoms with Crippen LogP contribution in [0.25, 0.3) is 10.2 Å². The van der Waals surface area contributed by atoms with Gasteiger partial charge in [0.15, 0.2) is 16.6 Å². The minimum atomic E-state index is -0.370. The SMILES string of the molecule is COC(=O)c1ccsc1Nc1nc2cc3c(cc2s1)OCO3. The molecule has 0 atom stereocenters. The first-order valence-corrected chi connectivity index (χ1v) is 8.07. The van der Waals surface area contributed by atoms with Crippen LogP contribution in [0.5, 0.6) is 11.5 Å². The molecule has 1 aliphatic rings. The Balaban J connectivity index is 1.68. The molecule has 22 heavy (non-hydrogen) atoms. The van der Waals surface area contributed by atoms with Gasteiger partial charge in [0, 0.05) is 12.1 Å². The predicted octanol–water partition coefficient (Wildman–Crippen LogP) is 3.62. The van der Waals surface area contributed by atoms with Gasteiger partial charge >= 0.3 is 5.97 Å². The Morgan fingerprint density at radius 2 is 2.18 bits per heavy atom. The van der Waals surface area contributed by atoms with Crippen LogP contribution in [0.2, 0.25) is 0 Å². The lowest BCUT2D eigenvalue weighted by atomic mass is 10.3. The van der Waals surface area contributed by atoms with Crippen molar-refractivity contribution in [2.75, 3.05) is 19.2 Å². The lowest BCUT2D eigenvalue weighted by Crippen LogP contribution is -2.02. The van der Waals surface area contributed by atoms with Gasteiger partial charge in [-0.1, -0.05) is 11.3 Å². The summed E-state index contributed by atoms with van der Waals surface area (Å²) in [4.78, 5) is 16.2. The molecule has 112 valence electrons. The summed E-state index contributed by atoms with van der Waals surface area (Å²) in [5, 5.41) is 6.42. The summed E-state index contributed by atoms with van der Waals surface area (Å²) in [5.41, 5.74) is 1.33. The Morgan fingerprint density at radius 1 is 1.36 bits per heavy atom. The molecule has 2 aromatic heterocycles. The minimum Gasteiger partial charge on any atom is -0.465 e. The molecule has 0 fully saturated rings. The van der Waals surface area contributed by atoms with E-state index in [1.165, 1.54) is 29.8 Å². The van der Waals surface area contributed by atoms with Crippen molar-refractivity contribution >= 4 is 49.0 Å². The van der Waals surface area contributed by atoms with Crippen molar-refractivity contribution in [1.82, 2.24) is 4.98 Å². The second kappa shape index (κ2) is 5.15. The molecule has 6 nitrogen and oxygen atoms in total. The number of thiophene rings is 1. The van der Waals surface area contributed by atoms with Gasteiger partial charge in [0.25, 0.3) is 0 Å². The van der Waals surface area contributed by atoms with Gasteiger partial charge in [0.05, 0.1) is 22.9 Å². The van der Waals surface area contributed by atoms with E-state index in [-0.39, 0.29) is 12.8 Å². The third-order valence-corrected chi connectivity index (χ3v) is 4.94. The van der Waals surface area contributed by atoms with Crippen LogP contribution in [0.15, 0.2) is 23.6 Å². The van der Waals surface area contributed by atoms with E-state index in [4.69, 9.17) is 14.2 Å². The number of rotatable bonds is 3. The molecule has 0 radical (unpaired) electrons. The van der Waals surface area contributed by atoms with Crippen LogP contribution in [0.3, 0.4) is 0 Å². The summed E-state index contributed by atoms with van der Waals surface area (Å²) in [7, 11) is 1.36. The number of aromatic nitrogens is 1. The van der Waals surface area contributed by atoms with Gasteiger partial charge in [-0.3, -0.25) is 0 Å². The zero-order valence-electron chi connectivity index (χ0n) is 11.4. The van der Waals surface area contributed by atoms with Gasteiger partial charge < -0.3 is 19.5 Å². The third kappa shape index (κ3) is 2.16. The summed E-state index contributed by atoms with van der Waals surface area (Å²) in [6.07, 6.45) is 0. The molecule has 0 unspecified atom stereocenters. The summed E-state index contributed by atoms with van der Waals surface area (Å²) >= 11 is 2.91. The number of esters is 1. The van der Waals surface area contributed by atoms with Crippen LogP contribution in [-0.2, 0) is 4.74 Å². The highest BCUT2D eigenvalue weighted by Gasteiger charge is 2.18. The largest absolute Gasteiger partial charge is 0.465 e. The van der Waals surface area contributed by atoms with Crippen LogP contribution < -0.4 is 14.8 Å². The Bertz CT molecular complexity index is 830. The van der Waals surface area contributed by atoms with E-state index >= 15 is 0 Å². The minimum absolute atomic E-state index is 0.245. The molecule has 0 aliphatic carbocycles. The van der Waals surface area contributed by atoms with E-state index in [9.17, 15) is 4.79 Å². The standard InChI is InChI=1S/C14H10N2O4S2/c1-18-13(17)7-2-3-21-12(7)16-14-15-8-4-9-10(20-6-19-9)5-11(8)22-14/h2-5H,6H2,1H3,(H,15,16). The highest BCUT2D eigenvalue weighted by Crippen LogP contribution is 2.40. The summed E-state index contributed by atoms with van der Waals surface area (Å²) in [6, 6.07) is 5.49. The summed E-state index contributed by atoms with van der Waals surface area (Å²) in [6.45, 7) is 0.245. The first-order valence-electron chi connectivity index (χ1n) is 6.37.